The smallest absolute Gasteiger partial charge is 0.315 e. The number of urea groups is 1. The first-order valence-electron chi connectivity index (χ1n) is 5.65. The minimum Gasteiger partial charge on any atom is -0.481 e. The van der Waals surface area contributed by atoms with Crippen LogP contribution in [0.1, 0.15) is 46.5 Å². The second kappa shape index (κ2) is 7.09. The van der Waals surface area contributed by atoms with Gasteiger partial charge in [0, 0.05) is 18.5 Å². The van der Waals surface area contributed by atoms with Gasteiger partial charge in [-0.15, -0.1) is 0 Å². The van der Waals surface area contributed by atoms with Gasteiger partial charge in [-0.25, -0.2) is 4.79 Å². The van der Waals surface area contributed by atoms with Crippen molar-refractivity contribution in [1.29, 1.82) is 0 Å². The van der Waals surface area contributed by atoms with E-state index in [0.717, 1.165) is 6.42 Å². The fourth-order valence-corrected chi connectivity index (χ4v) is 1.04. The number of aliphatic carboxylic acids is 1. The first-order valence-corrected chi connectivity index (χ1v) is 5.65. The maximum absolute atomic E-state index is 11.4. The van der Waals surface area contributed by atoms with Crippen LogP contribution in [0.25, 0.3) is 0 Å². The molecule has 0 aliphatic rings. The summed E-state index contributed by atoms with van der Waals surface area (Å²) >= 11 is 0. The molecule has 0 spiro atoms. The van der Waals surface area contributed by atoms with Crippen molar-refractivity contribution in [1.82, 2.24) is 10.6 Å². The lowest BCUT2D eigenvalue weighted by atomic mass is 10.0. The van der Waals surface area contributed by atoms with Gasteiger partial charge in [-0.2, -0.15) is 0 Å². The molecule has 94 valence electrons. The molecular weight excluding hydrogens is 208 g/mol. The zero-order valence-corrected chi connectivity index (χ0v) is 10.3. The number of hydrogen-bond acceptors (Lipinski definition) is 2. The summed E-state index contributed by atoms with van der Waals surface area (Å²) in [6, 6.07) is -0.192. The van der Waals surface area contributed by atoms with Gasteiger partial charge in [-0.05, 0) is 33.1 Å². The summed E-state index contributed by atoms with van der Waals surface area (Å²) in [5, 5.41) is 14.0. The quantitative estimate of drug-likeness (QED) is 0.583. The zero-order chi connectivity index (χ0) is 12.6. The standard InChI is InChI=1S/C11H22N2O3/c1-4-11(2,3)13-10(16)12-8-6-5-7-9(14)15/h4-8H2,1-3H3,(H,14,15)(H2,12,13,16). The molecule has 0 aromatic heterocycles. The molecule has 0 aromatic carbocycles. The summed E-state index contributed by atoms with van der Waals surface area (Å²) in [6.07, 6.45) is 2.29. The Labute approximate surface area is 96.6 Å². The topological polar surface area (TPSA) is 78.4 Å². The lowest BCUT2D eigenvalue weighted by Gasteiger charge is -2.24. The number of carbonyl (C=O) groups excluding carboxylic acids is 1. The molecule has 0 bridgehead atoms. The Balaban J connectivity index is 3.55. The van der Waals surface area contributed by atoms with Crippen molar-refractivity contribution in [3.8, 4) is 0 Å². The van der Waals surface area contributed by atoms with Gasteiger partial charge in [0.2, 0.25) is 0 Å². The molecule has 0 atom stereocenters. The van der Waals surface area contributed by atoms with E-state index in [2.05, 4.69) is 10.6 Å². The molecule has 0 saturated heterocycles. The van der Waals surface area contributed by atoms with Crippen LogP contribution in [0.3, 0.4) is 0 Å². The van der Waals surface area contributed by atoms with Gasteiger partial charge in [0.15, 0.2) is 0 Å². The van der Waals surface area contributed by atoms with Gasteiger partial charge in [-0.1, -0.05) is 6.92 Å². The van der Waals surface area contributed by atoms with E-state index < -0.39 is 5.97 Å². The number of rotatable bonds is 7. The van der Waals surface area contributed by atoms with E-state index in [0.29, 0.717) is 19.4 Å². The van der Waals surface area contributed by atoms with Crippen LogP contribution in [0.2, 0.25) is 0 Å². The Hall–Kier alpha value is -1.26. The molecule has 0 unspecified atom stereocenters. The molecule has 0 saturated carbocycles. The number of hydrogen-bond donors (Lipinski definition) is 3. The van der Waals surface area contributed by atoms with Crippen molar-refractivity contribution >= 4 is 12.0 Å². The number of carboxylic acids is 1. The maximum Gasteiger partial charge on any atom is 0.315 e. The minimum atomic E-state index is -0.795. The predicted molar refractivity (Wildman–Crippen MR) is 62.4 cm³/mol. The SMILES string of the molecule is CCC(C)(C)NC(=O)NCCCCC(=O)O. The molecular formula is C11H22N2O3. The van der Waals surface area contributed by atoms with E-state index in [1.165, 1.54) is 0 Å². The van der Waals surface area contributed by atoms with Crippen molar-refractivity contribution in [3.05, 3.63) is 0 Å². The number of carboxylic acid groups (broad SMARTS) is 1. The normalized spacial score (nSPS) is 10.9. The molecule has 0 aromatic rings. The van der Waals surface area contributed by atoms with Gasteiger partial charge in [0.1, 0.15) is 0 Å². The van der Waals surface area contributed by atoms with Crippen LogP contribution in [0.5, 0.6) is 0 Å². The van der Waals surface area contributed by atoms with Gasteiger partial charge in [-0.3, -0.25) is 4.79 Å². The summed E-state index contributed by atoms with van der Waals surface area (Å²) in [5.74, 6) is -0.795. The molecule has 0 fully saturated rings. The molecule has 16 heavy (non-hydrogen) atoms. The third kappa shape index (κ3) is 8.08. The molecule has 0 aliphatic heterocycles. The predicted octanol–water partition coefficient (Wildman–Crippen LogP) is 1.73. The van der Waals surface area contributed by atoms with Crippen LogP contribution >= 0.6 is 0 Å². The fraction of sp³-hybridized carbons (Fsp3) is 0.818. The maximum atomic E-state index is 11.4. The lowest BCUT2D eigenvalue weighted by Crippen LogP contribution is -2.48. The van der Waals surface area contributed by atoms with Crippen LogP contribution in [0, 0.1) is 0 Å². The third-order valence-corrected chi connectivity index (χ3v) is 2.44. The number of nitrogens with one attached hydrogen (secondary N) is 2. The zero-order valence-electron chi connectivity index (χ0n) is 10.3. The Bertz CT molecular complexity index is 239. The van der Waals surface area contributed by atoms with Gasteiger partial charge in [0.05, 0.1) is 0 Å². The highest BCUT2D eigenvalue weighted by atomic mass is 16.4. The van der Waals surface area contributed by atoms with E-state index in [1.807, 2.05) is 20.8 Å². The second-order valence-electron chi connectivity index (χ2n) is 4.47. The third-order valence-electron chi connectivity index (χ3n) is 2.44. The van der Waals surface area contributed by atoms with Crippen molar-refractivity contribution in [3.63, 3.8) is 0 Å². The van der Waals surface area contributed by atoms with Crippen LogP contribution < -0.4 is 10.6 Å². The molecule has 5 nitrogen and oxygen atoms in total. The summed E-state index contributed by atoms with van der Waals surface area (Å²) in [4.78, 5) is 21.6. The van der Waals surface area contributed by atoms with E-state index >= 15 is 0 Å². The highest BCUT2D eigenvalue weighted by molar-refractivity contribution is 5.74. The van der Waals surface area contributed by atoms with Crippen LogP contribution in [-0.4, -0.2) is 29.2 Å². The van der Waals surface area contributed by atoms with Gasteiger partial charge >= 0.3 is 12.0 Å². The van der Waals surface area contributed by atoms with E-state index in [1.54, 1.807) is 0 Å². The molecule has 2 amide bonds. The molecule has 5 heteroatoms. The van der Waals surface area contributed by atoms with Crippen molar-refractivity contribution in [2.45, 2.75) is 52.0 Å². The Morgan fingerprint density at radius 3 is 2.38 bits per heavy atom. The summed E-state index contributed by atoms with van der Waals surface area (Å²) in [6.45, 7) is 6.43. The Morgan fingerprint density at radius 2 is 1.88 bits per heavy atom. The molecule has 0 radical (unpaired) electrons. The number of unbranched alkanes of at least 4 members (excludes halogenated alkanes) is 1. The van der Waals surface area contributed by atoms with Crippen LogP contribution in [0.4, 0.5) is 4.79 Å². The van der Waals surface area contributed by atoms with Crippen LogP contribution in [-0.2, 0) is 4.79 Å². The largest absolute Gasteiger partial charge is 0.481 e. The highest BCUT2D eigenvalue weighted by Gasteiger charge is 2.16. The lowest BCUT2D eigenvalue weighted by molar-refractivity contribution is -0.137. The van der Waals surface area contributed by atoms with E-state index in [9.17, 15) is 9.59 Å². The monoisotopic (exact) mass is 230 g/mol. The minimum absolute atomic E-state index is 0.157. The van der Waals surface area contributed by atoms with Gasteiger partial charge < -0.3 is 15.7 Å². The average Bonchev–Trinajstić information content (AvgIpc) is 2.16. The first kappa shape index (κ1) is 14.7. The van der Waals surface area contributed by atoms with Crippen molar-refractivity contribution < 1.29 is 14.7 Å². The average molecular weight is 230 g/mol. The molecule has 3 N–H and O–H groups in total. The molecule has 0 heterocycles. The fourth-order valence-electron chi connectivity index (χ4n) is 1.04. The number of carbonyl (C=O) groups is 2. The van der Waals surface area contributed by atoms with Gasteiger partial charge in [0.25, 0.3) is 0 Å². The Morgan fingerprint density at radius 1 is 1.25 bits per heavy atom. The highest BCUT2D eigenvalue weighted by Crippen LogP contribution is 2.05. The first-order chi connectivity index (χ1) is 7.37. The van der Waals surface area contributed by atoms with Crippen molar-refractivity contribution in [2.75, 3.05) is 6.54 Å². The van der Waals surface area contributed by atoms with Crippen LogP contribution in [0.15, 0.2) is 0 Å². The Kier molecular flexibility index (Phi) is 6.53. The van der Waals surface area contributed by atoms with Crippen molar-refractivity contribution in [2.24, 2.45) is 0 Å². The van der Waals surface area contributed by atoms with E-state index in [-0.39, 0.29) is 18.0 Å². The summed E-state index contributed by atoms with van der Waals surface area (Å²) in [7, 11) is 0. The summed E-state index contributed by atoms with van der Waals surface area (Å²) in [5.41, 5.74) is -0.203. The number of amides is 2. The van der Waals surface area contributed by atoms with E-state index in [4.69, 9.17) is 5.11 Å². The summed E-state index contributed by atoms with van der Waals surface area (Å²) < 4.78 is 0. The molecule has 0 rings (SSSR count). The second-order valence-corrected chi connectivity index (χ2v) is 4.47. The molecule has 0 aliphatic carbocycles.